The molecule has 0 radical (unpaired) electrons. The lowest BCUT2D eigenvalue weighted by Crippen LogP contribution is -2.17. The number of fused-ring (bicyclic) bond motifs is 1. The SMILES string of the molecule is CC(CCc1ccccc1)Nc1ncnc2sc(-c3ccccc3)cc12. The average molecular weight is 359 g/mol. The summed E-state index contributed by atoms with van der Waals surface area (Å²) in [5.41, 5.74) is 2.59. The Morgan fingerprint density at radius 1 is 0.962 bits per heavy atom. The number of nitrogens with zero attached hydrogens (tertiary/aromatic N) is 2. The van der Waals surface area contributed by atoms with Gasteiger partial charge in [0, 0.05) is 10.9 Å². The van der Waals surface area contributed by atoms with E-state index in [0.29, 0.717) is 6.04 Å². The summed E-state index contributed by atoms with van der Waals surface area (Å²) in [5, 5.41) is 4.68. The highest BCUT2D eigenvalue weighted by Crippen LogP contribution is 2.35. The highest BCUT2D eigenvalue weighted by Gasteiger charge is 2.12. The van der Waals surface area contributed by atoms with Gasteiger partial charge < -0.3 is 5.32 Å². The molecule has 1 unspecified atom stereocenters. The number of anilines is 1. The van der Waals surface area contributed by atoms with Gasteiger partial charge in [-0.2, -0.15) is 0 Å². The van der Waals surface area contributed by atoms with Gasteiger partial charge in [-0.25, -0.2) is 9.97 Å². The second-order valence-electron chi connectivity index (χ2n) is 6.49. The van der Waals surface area contributed by atoms with E-state index in [2.05, 4.69) is 82.9 Å². The number of nitrogens with one attached hydrogen (secondary N) is 1. The van der Waals surface area contributed by atoms with E-state index in [9.17, 15) is 0 Å². The quantitative estimate of drug-likeness (QED) is 0.473. The van der Waals surface area contributed by atoms with E-state index >= 15 is 0 Å². The number of hydrogen-bond acceptors (Lipinski definition) is 4. The molecule has 3 nitrogen and oxygen atoms in total. The molecule has 4 rings (SSSR count). The van der Waals surface area contributed by atoms with Crippen molar-refractivity contribution in [1.82, 2.24) is 9.97 Å². The Bertz CT molecular complexity index is 980. The number of benzene rings is 2. The van der Waals surface area contributed by atoms with Crippen molar-refractivity contribution in [2.24, 2.45) is 0 Å². The molecule has 2 aromatic heterocycles. The van der Waals surface area contributed by atoms with Gasteiger partial charge in [0.05, 0.1) is 5.39 Å². The molecule has 0 aliphatic carbocycles. The van der Waals surface area contributed by atoms with Crippen LogP contribution in [0.1, 0.15) is 18.9 Å². The summed E-state index contributed by atoms with van der Waals surface area (Å²) in [6.45, 7) is 2.21. The smallest absolute Gasteiger partial charge is 0.138 e. The highest BCUT2D eigenvalue weighted by atomic mass is 32.1. The first-order valence-corrected chi connectivity index (χ1v) is 9.71. The Hall–Kier alpha value is -2.72. The second-order valence-corrected chi connectivity index (χ2v) is 7.52. The van der Waals surface area contributed by atoms with E-state index in [4.69, 9.17) is 0 Å². The molecule has 0 aliphatic heterocycles. The van der Waals surface area contributed by atoms with Crippen LogP contribution in [-0.4, -0.2) is 16.0 Å². The number of thiophene rings is 1. The van der Waals surface area contributed by atoms with Gasteiger partial charge in [0.1, 0.15) is 17.0 Å². The molecule has 130 valence electrons. The van der Waals surface area contributed by atoms with Gasteiger partial charge in [-0.15, -0.1) is 11.3 Å². The number of aromatic nitrogens is 2. The van der Waals surface area contributed by atoms with Crippen LogP contribution < -0.4 is 5.32 Å². The fourth-order valence-electron chi connectivity index (χ4n) is 3.05. The molecule has 0 bridgehead atoms. The van der Waals surface area contributed by atoms with Crippen LogP contribution in [0.4, 0.5) is 5.82 Å². The number of rotatable bonds is 6. The molecular weight excluding hydrogens is 338 g/mol. The molecule has 1 atom stereocenters. The third-order valence-electron chi connectivity index (χ3n) is 4.48. The van der Waals surface area contributed by atoms with Crippen LogP contribution in [0.3, 0.4) is 0 Å². The molecule has 4 heteroatoms. The first-order chi connectivity index (χ1) is 12.8. The van der Waals surface area contributed by atoms with E-state index in [0.717, 1.165) is 28.9 Å². The Balaban J connectivity index is 1.52. The molecule has 1 N–H and O–H groups in total. The van der Waals surface area contributed by atoms with Crippen molar-refractivity contribution in [2.75, 3.05) is 5.32 Å². The standard InChI is InChI=1S/C22H21N3S/c1-16(12-13-17-8-4-2-5-9-17)25-21-19-14-20(18-10-6-3-7-11-18)26-22(19)24-15-23-21/h2-11,14-16H,12-13H2,1H3,(H,23,24,25). The van der Waals surface area contributed by atoms with E-state index < -0.39 is 0 Å². The summed E-state index contributed by atoms with van der Waals surface area (Å²) in [7, 11) is 0. The first kappa shape index (κ1) is 16.7. The largest absolute Gasteiger partial charge is 0.367 e. The van der Waals surface area contributed by atoms with E-state index in [1.165, 1.54) is 16.0 Å². The number of hydrogen-bond donors (Lipinski definition) is 1. The van der Waals surface area contributed by atoms with Gasteiger partial charge >= 0.3 is 0 Å². The zero-order chi connectivity index (χ0) is 17.8. The van der Waals surface area contributed by atoms with Crippen LogP contribution in [0.15, 0.2) is 73.1 Å². The summed E-state index contributed by atoms with van der Waals surface area (Å²) >= 11 is 1.71. The van der Waals surface area contributed by atoms with E-state index in [1.54, 1.807) is 17.7 Å². The third kappa shape index (κ3) is 3.75. The molecule has 0 saturated carbocycles. The van der Waals surface area contributed by atoms with E-state index in [-0.39, 0.29) is 0 Å². The Morgan fingerprint density at radius 2 is 1.69 bits per heavy atom. The normalized spacial score (nSPS) is 12.2. The minimum Gasteiger partial charge on any atom is -0.367 e. The van der Waals surface area contributed by atoms with Crippen molar-refractivity contribution in [1.29, 1.82) is 0 Å². The molecule has 0 saturated heterocycles. The lowest BCUT2D eigenvalue weighted by Gasteiger charge is -2.15. The van der Waals surface area contributed by atoms with Gasteiger partial charge in [-0.1, -0.05) is 60.7 Å². The zero-order valence-corrected chi connectivity index (χ0v) is 15.5. The fourth-order valence-corrected chi connectivity index (χ4v) is 4.05. The Morgan fingerprint density at radius 3 is 2.46 bits per heavy atom. The predicted molar refractivity (Wildman–Crippen MR) is 111 cm³/mol. The molecule has 2 aromatic carbocycles. The van der Waals surface area contributed by atoms with Crippen LogP contribution in [0.5, 0.6) is 0 Å². The lowest BCUT2D eigenvalue weighted by atomic mass is 10.1. The van der Waals surface area contributed by atoms with E-state index in [1.807, 2.05) is 6.07 Å². The van der Waals surface area contributed by atoms with Gasteiger partial charge in [-0.3, -0.25) is 0 Å². The predicted octanol–water partition coefficient (Wildman–Crippen LogP) is 5.79. The van der Waals surface area contributed by atoms with Crippen molar-refractivity contribution in [2.45, 2.75) is 25.8 Å². The second kappa shape index (κ2) is 7.67. The molecule has 26 heavy (non-hydrogen) atoms. The minimum atomic E-state index is 0.341. The molecule has 0 spiro atoms. The lowest BCUT2D eigenvalue weighted by molar-refractivity contribution is 0.704. The first-order valence-electron chi connectivity index (χ1n) is 8.90. The molecule has 4 aromatic rings. The van der Waals surface area contributed by atoms with Crippen molar-refractivity contribution in [3.05, 3.63) is 78.6 Å². The molecule has 0 aliphatic rings. The molecule has 0 fully saturated rings. The summed E-state index contributed by atoms with van der Waals surface area (Å²) < 4.78 is 0. The van der Waals surface area contributed by atoms with Crippen LogP contribution in [0.25, 0.3) is 20.7 Å². The molecule has 2 heterocycles. The summed E-state index contributed by atoms with van der Waals surface area (Å²) in [6.07, 6.45) is 3.77. The van der Waals surface area contributed by atoms with Crippen molar-refractivity contribution >= 4 is 27.4 Å². The maximum absolute atomic E-state index is 4.49. The average Bonchev–Trinajstić information content (AvgIpc) is 3.13. The third-order valence-corrected chi connectivity index (χ3v) is 5.57. The minimum absolute atomic E-state index is 0.341. The van der Waals surface area contributed by atoms with Crippen LogP contribution in [0.2, 0.25) is 0 Å². The summed E-state index contributed by atoms with van der Waals surface area (Å²) in [6, 6.07) is 23.6. The van der Waals surface area contributed by atoms with Crippen molar-refractivity contribution in [3.63, 3.8) is 0 Å². The summed E-state index contributed by atoms with van der Waals surface area (Å²) in [5.74, 6) is 0.925. The highest BCUT2D eigenvalue weighted by molar-refractivity contribution is 7.21. The fraction of sp³-hybridized carbons (Fsp3) is 0.182. The maximum atomic E-state index is 4.49. The Kier molecular flexibility index (Phi) is 4.93. The monoisotopic (exact) mass is 359 g/mol. The van der Waals surface area contributed by atoms with Crippen LogP contribution in [0, 0.1) is 0 Å². The van der Waals surface area contributed by atoms with Gasteiger partial charge in [0.15, 0.2) is 0 Å². The number of aryl methyl sites for hydroxylation is 1. The summed E-state index contributed by atoms with van der Waals surface area (Å²) in [4.78, 5) is 11.2. The Labute approximate surface area is 157 Å². The van der Waals surface area contributed by atoms with Crippen molar-refractivity contribution < 1.29 is 0 Å². The zero-order valence-electron chi connectivity index (χ0n) is 14.7. The molecular formula is C22H21N3S. The van der Waals surface area contributed by atoms with Crippen LogP contribution in [-0.2, 0) is 6.42 Å². The van der Waals surface area contributed by atoms with Crippen molar-refractivity contribution in [3.8, 4) is 10.4 Å². The van der Waals surface area contributed by atoms with Gasteiger partial charge in [0.2, 0.25) is 0 Å². The topological polar surface area (TPSA) is 37.8 Å². The van der Waals surface area contributed by atoms with Crippen LogP contribution >= 0.6 is 11.3 Å². The maximum Gasteiger partial charge on any atom is 0.138 e. The molecule has 0 amide bonds. The van der Waals surface area contributed by atoms with Gasteiger partial charge in [0.25, 0.3) is 0 Å². The van der Waals surface area contributed by atoms with Gasteiger partial charge in [-0.05, 0) is 37.0 Å².